The quantitative estimate of drug-likeness (QED) is 0.732. The summed E-state index contributed by atoms with van der Waals surface area (Å²) in [6, 6.07) is 0. The molecule has 0 radical (unpaired) electrons. The van der Waals surface area contributed by atoms with Crippen LogP contribution in [0.25, 0.3) is 0 Å². The van der Waals surface area contributed by atoms with Crippen molar-refractivity contribution in [2.45, 2.75) is 85.0 Å². The Morgan fingerprint density at radius 3 is 2.06 bits per heavy atom. The summed E-state index contributed by atoms with van der Waals surface area (Å²) < 4.78 is 33.4. The fourth-order valence-corrected chi connectivity index (χ4v) is 3.86. The average Bonchev–Trinajstić information content (AvgIpc) is 3.07. The number of piperazine rings is 1. The molecule has 2 aliphatic rings. The third-order valence-corrected chi connectivity index (χ3v) is 6.30. The molecule has 2 aliphatic heterocycles. The first-order valence-electron chi connectivity index (χ1n) is 11.1. The van der Waals surface area contributed by atoms with Gasteiger partial charge in [0, 0.05) is 31.7 Å². The molecule has 1 amide bonds. The number of halogens is 1. The number of ether oxygens (including phenoxy) is 1. The van der Waals surface area contributed by atoms with Crippen LogP contribution in [0.4, 0.5) is 15.0 Å². The molecule has 9 heteroatoms. The minimum Gasteiger partial charge on any atom is -0.444 e. The zero-order chi connectivity index (χ0) is 23.4. The number of aromatic amines is 1. The molecule has 0 aliphatic carbocycles. The van der Waals surface area contributed by atoms with E-state index in [4.69, 9.17) is 14.0 Å². The number of amides is 1. The van der Waals surface area contributed by atoms with Gasteiger partial charge in [-0.2, -0.15) is 0 Å². The van der Waals surface area contributed by atoms with Gasteiger partial charge in [0.05, 0.1) is 16.8 Å². The van der Waals surface area contributed by atoms with Gasteiger partial charge in [0.2, 0.25) is 0 Å². The van der Waals surface area contributed by atoms with Crippen molar-refractivity contribution in [1.82, 2.24) is 9.88 Å². The second kappa shape index (κ2) is 7.99. The van der Waals surface area contributed by atoms with Crippen LogP contribution in [0.3, 0.4) is 0 Å². The molecule has 1 aromatic rings. The molecule has 3 rings (SSSR count). The van der Waals surface area contributed by atoms with Crippen molar-refractivity contribution in [2.24, 2.45) is 0 Å². The van der Waals surface area contributed by atoms with Crippen LogP contribution in [0.15, 0.2) is 0 Å². The first-order chi connectivity index (χ1) is 14.1. The number of nitrogens with zero attached hydrogens (tertiary/aromatic N) is 2. The van der Waals surface area contributed by atoms with Crippen molar-refractivity contribution >= 4 is 24.6 Å². The van der Waals surface area contributed by atoms with Gasteiger partial charge in [-0.1, -0.05) is 13.8 Å². The highest BCUT2D eigenvalue weighted by molar-refractivity contribution is 6.62. The van der Waals surface area contributed by atoms with E-state index in [9.17, 15) is 4.79 Å². The highest BCUT2D eigenvalue weighted by atomic mass is 19.1. The molecule has 1 N–H and O–H groups in total. The van der Waals surface area contributed by atoms with Crippen LogP contribution in [0.1, 0.15) is 73.8 Å². The topological polar surface area (TPSA) is 67.0 Å². The van der Waals surface area contributed by atoms with E-state index < -0.39 is 23.9 Å². The summed E-state index contributed by atoms with van der Waals surface area (Å²) in [5, 5.41) is 0. The van der Waals surface area contributed by atoms with Crippen LogP contribution < -0.4 is 10.5 Å². The minimum absolute atomic E-state index is 0.0397. The van der Waals surface area contributed by atoms with Crippen LogP contribution in [-0.4, -0.2) is 66.1 Å². The second-order valence-corrected chi connectivity index (χ2v) is 10.8. The lowest BCUT2D eigenvalue weighted by Gasteiger charge is -2.36. The van der Waals surface area contributed by atoms with Gasteiger partial charge in [-0.15, -0.1) is 0 Å². The third-order valence-electron chi connectivity index (χ3n) is 6.30. The van der Waals surface area contributed by atoms with E-state index in [2.05, 4.69) is 4.98 Å². The van der Waals surface area contributed by atoms with E-state index in [1.165, 1.54) is 0 Å². The van der Waals surface area contributed by atoms with Gasteiger partial charge in [-0.25, -0.2) is 9.18 Å². The summed E-state index contributed by atoms with van der Waals surface area (Å²) >= 11 is 0. The summed E-state index contributed by atoms with van der Waals surface area (Å²) in [4.78, 5) is 19.2. The summed E-state index contributed by atoms with van der Waals surface area (Å²) in [7, 11) is -0.659. The van der Waals surface area contributed by atoms with E-state index in [1.54, 1.807) is 4.90 Å². The number of aromatic nitrogens is 1. The smallest absolute Gasteiger partial charge is 0.444 e. The zero-order valence-corrected chi connectivity index (χ0v) is 20.4. The van der Waals surface area contributed by atoms with Crippen molar-refractivity contribution in [1.29, 1.82) is 0 Å². The van der Waals surface area contributed by atoms with Gasteiger partial charge < -0.3 is 28.8 Å². The molecule has 0 aromatic carbocycles. The predicted octanol–water partition coefficient (Wildman–Crippen LogP) is 3.63. The van der Waals surface area contributed by atoms with E-state index in [1.807, 2.05) is 67.2 Å². The predicted molar refractivity (Wildman–Crippen MR) is 121 cm³/mol. The van der Waals surface area contributed by atoms with Crippen molar-refractivity contribution in [3.8, 4) is 0 Å². The number of nitrogens with one attached hydrogen (secondary N) is 1. The minimum atomic E-state index is -0.659. The fourth-order valence-electron chi connectivity index (χ4n) is 3.86. The molecule has 0 atom stereocenters. The maximum absolute atomic E-state index is 15.6. The molecule has 2 fully saturated rings. The normalized spacial score (nSPS) is 21.2. The van der Waals surface area contributed by atoms with Crippen LogP contribution >= 0.6 is 0 Å². The van der Waals surface area contributed by atoms with Crippen LogP contribution in [0.2, 0.25) is 0 Å². The maximum atomic E-state index is 15.6. The Labute approximate surface area is 185 Å². The Morgan fingerprint density at radius 2 is 1.61 bits per heavy atom. The van der Waals surface area contributed by atoms with E-state index >= 15 is 4.39 Å². The number of H-pyrrole nitrogens is 1. The molecule has 7 nitrogen and oxygen atoms in total. The first kappa shape index (κ1) is 23.9. The lowest BCUT2D eigenvalue weighted by molar-refractivity contribution is 0.00578. The molecule has 0 bridgehead atoms. The zero-order valence-electron chi connectivity index (χ0n) is 20.4. The SMILES string of the molecule is CC(C)c1c(B2OC(C)(C)C(C)(C)O2)[nH]c(N2CCN(C(=O)OC(C)(C)C)CC2)c1F. The van der Waals surface area contributed by atoms with Crippen LogP contribution in [-0.2, 0) is 14.0 Å². The lowest BCUT2D eigenvalue weighted by atomic mass is 9.79. The van der Waals surface area contributed by atoms with E-state index in [0.29, 0.717) is 43.2 Å². The molecule has 174 valence electrons. The van der Waals surface area contributed by atoms with Crippen molar-refractivity contribution in [3.05, 3.63) is 11.4 Å². The third kappa shape index (κ3) is 4.72. The number of carbonyl (C=O) groups is 1. The summed E-state index contributed by atoms with van der Waals surface area (Å²) in [5.74, 6) is 0.116. The molecule has 0 unspecified atom stereocenters. The summed E-state index contributed by atoms with van der Waals surface area (Å²) in [5.41, 5.74) is -0.331. The van der Waals surface area contributed by atoms with Gasteiger partial charge in [-0.05, 0) is 54.4 Å². The van der Waals surface area contributed by atoms with Crippen LogP contribution in [0, 0.1) is 5.82 Å². The molecule has 2 saturated heterocycles. The molecule has 1 aromatic heterocycles. The Bertz CT molecular complexity index is 807. The monoisotopic (exact) mass is 437 g/mol. The molecule has 0 spiro atoms. The maximum Gasteiger partial charge on any atom is 0.512 e. The molecule has 3 heterocycles. The van der Waals surface area contributed by atoms with Crippen molar-refractivity contribution in [2.75, 3.05) is 31.1 Å². The first-order valence-corrected chi connectivity index (χ1v) is 11.1. The largest absolute Gasteiger partial charge is 0.512 e. The van der Waals surface area contributed by atoms with Crippen LogP contribution in [0.5, 0.6) is 0 Å². The van der Waals surface area contributed by atoms with Crippen molar-refractivity contribution in [3.63, 3.8) is 0 Å². The number of hydrogen-bond acceptors (Lipinski definition) is 5. The summed E-state index contributed by atoms with van der Waals surface area (Å²) in [6.45, 7) is 19.4. The van der Waals surface area contributed by atoms with Crippen molar-refractivity contribution < 1.29 is 23.2 Å². The average molecular weight is 437 g/mol. The highest BCUT2D eigenvalue weighted by Crippen LogP contribution is 2.38. The molecular weight excluding hydrogens is 400 g/mol. The Hall–Kier alpha value is -1.74. The highest BCUT2D eigenvalue weighted by Gasteiger charge is 2.53. The fraction of sp³-hybridized carbons (Fsp3) is 0.773. The molecule has 0 saturated carbocycles. The Morgan fingerprint density at radius 1 is 1.10 bits per heavy atom. The second-order valence-electron chi connectivity index (χ2n) is 10.8. The molecule has 31 heavy (non-hydrogen) atoms. The molecular formula is C22H37BFN3O4. The van der Waals surface area contributed by atoms with Gasteiger partial charge in [0.15, 0.2) is 5.82 Å². The number of rotatable bonds is 3. The van der Waals surface area contributed by atoms with E-state index in [0.717, 1.165) is 0 Å². The van der Waals surface area contributed by atoms with Gasteiger partial charge in [0.25, 0.3) is 0 Å². The summed E-state index contributed by atoms with van der Waals surface area (Å²) in [6.07, 6.45) is -0.333. The van der Waals surface area contributed by atoms with Gasteiger partial charge >= 0.3 is 13.2 Å². The Balaban J connectivity index is 1.80. The number of hydrogen-bond donors (Lipinski definition) is 1. The Kier molecular flexibility index (Phi) is 6.17. The lowest BCUT2D eigenvalue weighted by Crippen LogP contribution is -2.50. The van der Waals surface area contributed by atoms with Gasteiger partial charge in [-0.3, -0.25) is 0 Å². The van der Waals surface area contributed by atoms with E-state index in [-0.39, 0.29) is 17.8 Å². The van der Waals surface area contributed by atoms with Gasteiger partial charge in [0.1, 0.15) is 11.4 Å². The number of anilines is 1. The standard InChI is InChI=1S/C22H37BFN3O4/c1-14(2)15-16(24)18(25-17(15)23-30-21(6,7)22(8,9)31-23)26-10-12-27(13-11-26)19(28)29-20(3,4)5/h14,25H,10-13H2,1-9H3. The number of carbonyl (C=O) groups excluding carboxylic acids is 1.